The summed E-state index contributed by atoms with van der Waals surface area (Å²) < 4.78 is 0. The van der Waals surface area contributed by atoms with Crippen LogP contribution in [0.15, 0.2) is 18.2 Å². The molecule has 0 atom stereocenters. The van der Waals surface area contributed by atoms with Gasteiger partial charge in [0.05, 0.1) is 5.69 Å². The standard InChI is InChI=1S/C13H21N3/c1-10(2)16(8-11-6-7-11)9-12-4-3-5-13(14)15-12/h3-5,10-11H,6-9H2,1-2H3,(H2,14,15). The van der Waals surface area contributed by atoms with Crippen LogP contribution in [0.4, 0.5) is 5.82 Å². The molecule has 1 fully saturated rings. The van der Waals surface area contributed by atoms with E-state index in [9.17, 15) is 0 Å². The van der Waals surface area contributed by atoms with E-state index in [1.54, 1.807) is 0 Å². The third-order valence-corrected chi connectivity index (χ3v) is 3.11. The number of nitrogens with zero attached hydrogens (tertiary/aromatic N) is 2. The van der Waals surface area contributed by atoms with Crippen LogP contribution in [-0.2, 0) is 6.54 Å². The molecule has 3 nitrogen and oxygen atoms in total. The molecule has 1 aromatic rings. The molecule has 2 rings (SSSR count). The molecule has 1 heterocycles. The van der Waals surface area contributed by atoms with Gasteiger partial charge in [-0.15, -0.1) is 0 Å². The van der Waals surface area contributed by atoms with Gasteiger partial charge in [-0.2, -0.15) is 0 Å². The zero-order valence-corrected chi connectivity index (χ0v) is 10.2. The lowest BCUT2D eigenvalue weighted by molar-refractivity contribution is 0.201. The third kappa shape index (κ3) is 3.20. The Bertz CT molecular complexity index is 345. The molecule has 0 spiro atoms. The van der Waals surface area contributed by atoms with Crippen LogP contribution in [0.2, 0.25) is 0 Å². The van der Waals surface area contributed by atoms with E-state index in [0.29, 0.717) is 11.9 Å². The number of rotatable bonds is 5. The van der Waals surface area contributed by atoms with Crippen LogP contribution in [-0.4, -0.2) is 22.5 Å². The highest BCUT2D eigenvalue weighted by atomic mass is 15.2. The molecule has 0 unspecified atom stereocenters. The van der Waals surface area contributed by atoms with Crippen molar-refractivity contribution >= 4 is 5.82 Å². The van der Waals surface area contributed by atoms with Crippen LogP contribution in [0.3, 0.4) is 0 Å². The molecule has 16 heavy (non-hydrogen) atoms. The lowest BCUT2D eigenvalue weighted by atomic mass is 10.2. The maximum absolute atomic E-state index is 5.69. The van der Waals surface area contributed by atoms with Gasteiger partial charge in [0, 0.05) is 19.1 Å². The highest BCUT2D eigenvalue weighted by Gasteiger charge is 2.25. The fourth-order valence-corrected chi connectivity index (χ4v) is 1.88. The van der Waals surface area contributed by atoms with Crippen molar-refractivity contribution in [1.29, 1.82) is 0 Å². The van der Waals surface area contributed by atoms with Crippen molar-refractivity contribution < 1.29 is 0 Å². The van der Waals surface area contributed by atoms with E-state index < -0.39 is 0 Å². The second-order valence-electron chi connectivity index (χ2n) is 5.02. The summed E-state index contributed by atoms with van der Waals surface area (Å²) in [5, 5.41) is 0. The van der Waals surface area contributed by atoms with E-state index in [2.05, 4.69) is 29.8 Å². The smallest absolute Gasteiger partial charge is 0.123 e. The number of hydrogen-bond acceptors (Lipinski definition) is 3. The minimum atomic E-state index is 0.573. The number of aromatic nitrogens is 1. The van der Waals surface area contributed by atoms with Crippen LogP contribution in [0.1, 0.15) is 32.4 Å². The molecule has 2 N–H and O–H groups in total. The van der Waals surface area contributed by atoms with E-state index in [4.69, 9.17) is 5.73 Å². The minimum Gasteiger partial charge on any atom is -0.384 e. The zero-order valence-electron chi connectivity index (χ0n) is 10.2. The predicted octanol–water partition coefficient (Wildman–Crippen LogP) is 2.28. The summed E-state index contributed by atoms with van der Waals surface area (Å²) in [7, 11) is 0. The van der Waals surface area contributed by atoms with E-state index in [0.717, 1.165) is 18.2 Å². The number of hydrogen-bond donors (Lipinski definition) is 1. The lowest BCUT2D eigenvalue weighted by Crippen LogP contribution is -2.32. The second kappa shape index (κ2) is 4.83. The quantitative estimate of drug-likeness (QED) is 0.826. The van der Waals surface area contributed by atoms with E-state index >= 15 is 0 Å². The van der Waals surface area contributed by atoms with Crippen LogP contribution in [0.5, 0.6) is 0 Å². The predicted molar refractivity (Wildman–Crippen MR) is 66.9 cm³/mol. The maximum Gasteiger partial charge on any atom is 0.123 e. The Balaban J connectivity index is 1.98. The molecule has 88 valence electrons. The summed E-state index contributed by atoms with van der Waals surface area (Å²) in [6.07, 6.45) is 2.79. The summed E-state index contributed by atoms with van der Waals surface area (Å²) in [5.41, 5.74) is 6.77. The Morgan fingerprint density at radius 2 is 2.19 bits per heavy atom. The monoisotopic (exact) mass is 219 g/mol. The summed E-state index contributed by atoms with van der Waals surface area (Å²) in [5.74, 6) is 1.54. The van der Waals surface area contributed by atoms with Crippen molar-refractivity contribution in [3.8, 4) is 0 Å². The molecule has 0 aliphatic heterocycles. The molecular weight excluding hydrogens is 198 g/mol. The Morgan fingerprint density at radius 1 is 1.44 bits per heavy atom. The number of nitrogens with two attached hydrogens (primary N) is 1. The van der Waals surface area contributed by atoms with Gasteiger partial charge >= 0.3 is 0 Å². The minimum absolute atomic E-state index is 0.573. The van der Waals surface area contributed by atoms with Crippen molar-refractivity contribution in [1.82, 2.24) is 9.88 Å². The van der Waals surface area contributed by atoms with Gasteiger partial charge in [0.2, 0.25) is 0 Å². The molecule has 0 aromatic carbocycles. The number of nitrogen functional groups attached to an aromatic ring is 1. The first-order valence-electron chi connectivity index (χ1n) is 6.10. The summed E-state index contributed by atoms with van der Waals surface area (Å²) in [6.45, 7) is 6.61. The number of anilines is 1. The van der Waals surface area contributed by atoms with E-state index in [1.165, 1.54) is 19.4 Å². The van der Waals surface area contributed by atoms with E-state index in [-0.39, 0.29) is 0 Å². The molecule has 1 saturated carbocycles. The van der Waals surface area contributed by atoms with Gasteiger partial charge in [-0.3, -0.25) is 4.90 Å². The average molecular weight is 219 g/mol. The SMILES string of the molecule is CC(C)N(Cc1cccc(N)n1)CC1CC1. The molecule has 1 aliphatic rings. The summed E-state index contributed by atoms with van der Waals surface area (Å²) in [6, 6.07) is 6.44. The first kappa shape index (κ1) is 11.4. The largest absolute Gasteiger partial charge is 0.384 e. The molecule has 0 radical (unpaired) electrons. The van der Waals surface area contributed by atoms with Gasteiger partial charge < -0.3 is 5.73 Å². The normalized spacial score (nSPS) is 16.0. The maximum atomic E-state index is 5.69. The van der Waals surface area contributed by atoms with E-state index in [1.807, 2.05) is 12.1 Å². The summed E-state index contributed by atoms with van der Waals surface area (Å²) >= 11 is 0. The first-order chi connectivity index (χ1) is 7.65. The van der Waals surface area contributed by atoms with Gasteiger partial charge in [0.15, 0.2) is 0 Å². The number of pyridine rings is 1. The molecule has 1 aliphatic carbocycles. The molecule has 0 amide bonds. The Morgan fingerprint density at radius 3 is 2.75 bits per heavy atom. The topological polar surface area (TPSA) is 42.1 Å². The average Bonchev–Trinajstić information content (AvgIpc) is 3.00. The van der Waals surface area contributed by atoms with Gasteiger partial charge in [-0.1, -0.05) is 6.07 Å². The van der Waals surface area contributed by atoms with Gasteiger partial charge in [-0.05, 0) is 44.7 Å². The van der Waals surface area contributed by atoms with Crippen molar-refractivity contribution in [2.75, 3.05) is 12.3 Å². The van der Waals surface area contributed by atoms with Crippen LogP contribution < -0.4 is 5.73 Å². The Labute approximate surface area is 97.7 Å². The van der Waals surface area contributed by atoms with Crippen molar-refractivity contribution in [2.24, 2.45) is 5.92 Å². The highest BCUT2D eigenvalue weighted by Crippen LogP contribution is 2.30. The van der Waals surface area contributed by atoms with Crippen molar-refractivity contribution in [3.05, 3.63) is 23.9 Å². The molecule has 3 heteroatoms. The first-order valence-corrected chi connectivity index (χ1v) is 6.10. The highest BCUT2D eigenvalue weighted by molar-refractivity contribution is 5.28. The zero-order chi connectivity index (χ0) is 11.5. The van der Waals surface area contributed by atoms with Crippen LogP contribution >= 0.6 is 0 Å². The van der Waals surface area contributed by atoms with Gasteiger partial charge in [-0.25, -0.2) is 4.98 Å². The van der Waals surface area contributed by atoms with Crippen molar-refractivity contribution in [3.63, 3.8) is 0 Å². The van der Waals surface area contributed by atoms with Gasteiger partial charge in [0.25, 0.3) is 0 Å². The Hall–Kier alpha value is -1.09. The van der Waals surface area contributed by atoms with Crippen molar-refractivity contribution in [2.45, 2.75) is 39.3 Å². The lowest BCUT2D eigenvalue weighted by Gasteiger charge is -2.26. The molecule has 0 saturated heterocycles. The van der Waals surface area contributed by atoms with Crippen LogP contribution in [0, 0.1) is 5.92 Å². The summed E-state index contributed by atoms with van der Waals surface area (Å²) in [4.78, 5) is 6.84. The third-order valence-electron chi connectivity index (χ3n) is 3.11. The Kier molecular flexibility index (Phi) is 3.44. The second-order valence-corrected chi connectivity index (χ2v) is 5.02. The van der Waals surface area contributed by atoms with Gasteiger partial charge in [0.1, 0.15) is 5.82 Å². The molecule has 1 aromatic heterocycles. The fraction of sp³-hybridized carbons (Fsp3) is 0.615. The fourth-order valence-electron chi connectivity index (χ4n) is 1.88. The molecule has 0 bridgehead atoms. The molecular formula is C13H21N3. The van der Waals surface area contributed by atoms with Crippen LogP contribution in [0.25, 0.3) is 0 Å².